The van der Waals surface area contributed by atoms with E-state index in [1.165, 1.54) is 43.4 Å². The molecule has 0 aromatic carbocycles. The fourth-order valence-electron chi connectivity index (χ4n) is 4.04. The first-order valence-electron chi connectivity index (χ1n) is 9.92. The van der Waals surface area contributed by atoms with Crippen molar-refractivity contribution >= 4 is 27.3 Å². The Morgan fingerprint density at radius 3 is 2.41 bits per heavy atom. The summed E-state index contributed by atoms with van der Waals surface area (Å²) in [4.78, 5) is 16.6. The molecule has 2 fully saturated rings. The van der Waals surface area contributed by atoms with Gasteiger partial charge in [-0.15, -0.1) is 11.3 Å². The van der Waals surface area contributed by atoms with Crippen molar-refractivity contribution < 1.29 is 13.2 Å². The average molecular weight is 414 g/mol. The third kappa shape index (κ3) is 5.31. The van der Waals surface area contributed by atoms with Crippen molar-refractivity contribution in [3.8, 4) is 0 Å². The lowest BCUT2D eigenvalue weighted by molar-refractivity contribution is -0.122. The van der Waals surface area contributed by atoms with Crippen molar-refractivity contribution in [2.45, 2.75) is 50.8 Å². The zero-order chi connectivity index (χ0) is 19.4. The molecule has 0 unspecified atom stereocenters. The third-order valence-corrected chi connectivity index (χ3v) is 8.74. The highest BCUT2D eigenvalue weighted by Crippen LogP contribution is 2.28. The molecule has 2 aliphatic rings. The van der Waals surface area contributed by atoms with Gasteiger partial charge in [0.2, 0.25) is 15.9 Å². The highest BCUT2D eigenvalue weighted by atomic mass is 32.2. The summed E-state index contributed by atoms with van der Waals surface area (Å²) in [7, 11) is -3.43. The summed E-state index contributed by atoms with van der Waals surface area (Å²) in [5, 5.41) is 3.07. The maximum Gasteiger partial charge on any atom is 0.244 e. The van der Waals surface area contributed by atoms with Crippen LogP contribution >= 0.6 is 11.3 Å². The summed E-state index contributed by atoms with van der Waals surface area (Å²) in [6.07, 6.45) is 6.32. The van der Waals surface area contributed by atoms with Gasteiger partial charge in [0, 0.05) is 42.5 Å². The van der Waals surface area contributed by atoms with Crippen molar-refractivity contribution in [1.82, 2.24) is 14.5 Å². The molecule has 1 aromatic heterocycles. The number of thiophene rings is 1. The van der Waals surface area contributed by atoms with Gasteiger partial charge >= 0.3 is 0 Å². The van der Waals surface area contributed by atoms with Crippen molar-refractivity contribution in [2.24, 2.45) is 5.92 Å². The van der Waals surface area contributed by atoms with Crippen LogP contribution in [-0.2, 0) is 14.8 Å². The molecule has 152 valence electrons. The van der Waals surface area contributed by atoms with E-state index in [9.17, 15) is 13.2 Å². The number of hydrogen-bond acceptors (Lipinski definition) is 5. The molecular formula is C19H31N3O3S2. The number of aryl methyl sites for hydroxylation is 2. The van der Waals surface area contributed by atoms with Gasteiger partial charge in [-0.05, 0) is 38.7 Å². The zero-order valence-electron chi connectivity index (χ0n) is 16.4. The Morgan fingerprint density at radius 2 is 1.81 bits per heavy atom. The minimum Gasteiger partial charge on any atom is -0.355 e. The molecule has 27 heavy (non-hydrogen) atoms. The molecule has 0 bridgehead atoms. The summed E-state index contributed by atoms with van der Waals surface area (Å²) in [5.74, 6) is 0.684. The Labute approximate surface area is 167 Å². The molecule has 1 aromatic rings. The molecule has 1 saturated heterocycles. The minimum absolute atomic E-state index is 0.0567. The molecular weight excluding hydrogens is 382 g/mol. The quantitative estimate of drug-likeness (QED) is 0.777. The number of sulfonamides is 1. The molecule has 2 heterocycles. The number of carbonyl (C=O) groups excluding carboxylic acids is 1. The van der Waals surface area contributed by atoms with E-state index in [-0.39, 0.29) is 5.91 Å². The number of hydrogen-bond donors (Lipinski definition) is 1. The standard InChI is InChI=1S/C19H31N3O3S2/c1-15-12-18(16(2)26-15)27(24,25)22-10-8-21(9-11-22)14-19(23)20-13-17-6-4-3-5-7-17/h12,17H,3-11,13-14H2,1-2H3,(H,20,23). The minimum atomic E-state index is -3.43. The second-order valence-corrected chi connectivity index (χ2v) is 11.1. The summed E-state index contributed by atoms with van der Waals surface area (Å²) < 4.78 is 27.3. The zero-order valence-corrected chi connectivity index (χ0v) is 18.0. The van der Waals surface area contributed by atoms with Gasteiger partial charge < -0.3 is 5.32 Å². The van der Waals surface area contributed by atoms with E-state index >= 15 is 0 Å². The van der Waals surface area contributed by atoms with Crippen molar-refractivity contribution in [1.29, 1.82) is 0 Å². The van der Waals surface area contributed by atoms with E-state index < -0.39 is 10.0 Å². The van der Waals surface area contributed by atoms with Gasteiger partial charge in [-0.1, -0.05) is 19.3 Å². The molecule has 0 radical (unpaired) electrons. The van der Waals surface area contributed by atoms with Gasteiger partial charge in [0.15, 0.2) is 0 Å². The number of nitrogens with one attached hydrogen (secondary N) is 1. The first kappa shape index (κ1) is 20.8. The number of amides is 1. The van der Waals surface area contributed by atoms with Crippen molar-refractivity contribution in [3.05, 3.63) is 15.8 Å². The molecule has 1 aliphatic heterocycles. The van der Waals surface area contributed by atoms with Gasteiger partial charge in [-0.3, -0.25) is 9.69 Å². The normalized spacial score (nSPS) is 20.7. The largest absolute Gasteiger partial charge is 0.355 e. The van der Waals surface area contributed by atoms with Crippen LogP contribution in [0.5, 0.6) is 0 Å². The van der Waals surface area contributed by atoms with E-state index in [0.29, 0.717) is 43.5 Å². The van der Waals surface area contributed by atoms with Crippen LogP contribution in [0.15, 0.2) is 11.0 Å². The monoisotopic (exact) mass is 413 g/mol. The van der Waals surface area contributed by atoms with Gasteiger partial charge in [-0.2, -0.15) is 4.31 Å². The smallest absolute Gasteiger partial charge is 0.244 e. The molecule has 1 amide bonds. The Hall–Kier alpha value is -0.960. The van der Waals surface area contributed by atoms with Gasteiger partial charge in [-0.25, -0.2) is 8.42 Å². The molecule has 1 aliphatic carbocycles. The maximum absolute atomic E-state index is 12.9. The highest BCUT2D eigenvalue weighted by molar-refractivity contribution is 7.89. The Balaban J connectivity index is 1.45. The topological polar surface area (TPSA) is 69.7 Å². The Bertz CT molecular complexity index is 746. The molecule has 0 atom stereocenters. The average Bonchev–Trinajstić information content (AvgIpc) is 3.00. The van der Waals surface area contributed by atoms with E-state index in [4.69, 9.17) is 0 Å². The van der Waals surface area contributed by atoms with Crippen LogP contribution in [0.1, 0.15) is 41.9 Å². The van der Waals surface area contributed by atoms with Crippen molar-refractivity contribution in [3.63, 3.8) is 0 Å². The number of carbonyl (C=O) groups is 1. The highest BCUT2D eigenvalue weighted by Gasteiger charge is 2.31. The fourth-order valence-corrected chi connectivity index (χ4v) is 6.99. The van der Waals surface area contributed by atoms with Crippen LogP contribution in [0.3, 0.4) is 0 Å². The lowest BCUT2D eigenvalue weighted by atomic mass is 9.89. The predicted octanol–water partition coefficient (Wildman–Crippen LogP) is 2.37. The Kier molecular flexibility index (Phi) is 6.94. The first-order chi connectivity index (χ1) is 12.9. The molecule has 1 saturated carbocycles. The lowest BCUT2D eigenvalue weighted by Crippen LogP contribution is -2.51. The van der Waals surface area contributed by atoms with Gasteiger partial charge in [0.25, 0.3) is 0 Å². The molecule has 8 heteroatoms. The van der Waals surface area contributed by atoms with Crippen LogP contribution in [-0.4, -0.2) is 62.8 Å². The summed E-state index contributed by atoms with van der Waals surface area (Å²) in [5.41, 5.74) is 0. The van der Waals surface area contributed by atoms with Gasteiger partial charge in [0.05, 0.1) is 11.4 Å². The van der Waals surface area contributed by atoms with E-state index in [1.807, 2.05) is 18.7 Å². The van der Waals surface area contributed by atoms with Gasteiger partial charge in [0.1, 0.15) is 0 Å². The fraction of sp³-hybridized carbons (Fsp3) is 0.737. The second kappa shape index (κ2) is 9.03. The van der Waals surface area contributed by atoms with Crippen LogP contribution in [0.4, 0.5) is 0 Å². The van der Waals surface area contributed by atoms with Crippen molar-refractivity contribution in [2.75, 3.05) is 39.3 Å². The SMILES string of the molecule is Cc1cc(S(=O)(=O)N2CCN(CC(=O)NCC3CCCCC3)CC2)c(C)s1. The number of nitrogens with zero attached hydrogens (tertiary/aromatic N) is 2. The summed E-state index contributed by atoms with van der Waals surface area (Å²) >= 11 is 1.52. The summed E-state index contributed by atoms with van der Waals surface area (Å²) in [6, 6.07) is 1.76. The molecule has 6 nitrogen and oxygen atoms in total. The second-order valence-electron chi connectivity index (χ2n) is 7.77. The van der Waals surface area contributed by atoms with E-state index in [1.54, 1.807) is 10.4 Å². The molecule has 3 rings (SSSR count). The van der Waals surface area contributed by atoms with Crippen LogP contribution < -0.4 is 5.32 Å². The van der Waals surface area contributed by atoms with Crippen LogP contribution in [0.2, 0.25) is 0 Å². The van der Waals surface area contributed by atoms with E-state index in [2.05, 4.69) is 5.32 Å². The first-order valence-corrected chi connectivity index (χ1v) is 12.2. The van der Waals surface area contributed by atoms with Crippen LogP contribution in [0.25, 0.3) is 0 Å². The van der Waals surface area contributed by atoms with Crippen LogP contribution in [0, 0.1) is 19.8 Å². The lowest BCUT2D eigenvalue weighted by Gasteiger charge is -2.33. The predicted molar refractivity (Wildman–Crippen MR) is 109 cm³/mol. The number of rotatable bonds is 6. The number of piperazine rings is 1. The Morgan fingerprint density at radius 1 is 1.15 bits per heavy atom. The third-order valence-electron chi connectivity index (χ3n) is 5.62. The van der Waals surface area contributed by atoms with E-state index in [0.717, 1.165) is 16.3 Å². The molecule has 0 spiro atoms. The summed E-state index contributed by atoms with van der Waals surface area (Å²) in [6.45, 7) is 6.99. The molecule has 1 N–H and O–H groups in total. The maximum atomic E-state index is 12.9.